The van der Waals surface area contributed by atoms with E-state index in [0.29, 0.717) is 0 Å². The minimum atomic E-state index is 0.963. The van der Waals surface area contributed by atoms with Gasteiger partial charge in [-0.05, 0) is 41.0 Å². The van der Waals surface area contributed by atoms with Crippen LogP contribution in [0.1, 0.15) is 18.4 Å². The summed E-state index contributed by atoms with van der Waals surface area (Å²) >= 11 is 6.84. The van der Waals surface area contributed by atoms with Crippen LogP contribution in [0.3, 0.4) is 0 Å². The van der Waals surface area contributed by atoms with Crippen LogP contribution in [0, 0.1) is 0 Å². The predicted octanol–water partition coefficient (Wildman–Crippen LogP) is 3.57. The predicted molar refractivity (Wildman–Crippen MR) is 77.8 cm³/mol. The maximum Gasteiger partial charge on any atom is 0.157 e. The van der Waals surface area contributed by atoms with Gasteiger partial charge in [-0.1, -0.05) is 18.3 Å². The maximum atomic E-state index is 4.23. The van der Waals surface area contributed by atoms with Crippen molar-refractivity contribution in [2.45, 2.75) is 19.8 Å². The van der Waals surface area contributed by atoms with Crippen molar-refractivity contribution in [1.29, 1.82) is 0 Å². The highest BCUT2D eigenvalue weighted by molar-refractivity contribution is 9.11. The fourth-order valence-corrected chi connectivity index (χ4v) is 3.66. The fraction of sp³-hybridized carbons (Fsp3) is 0.455. The molecule has 3 nitrogen and oxygen atoms in total. The summed E-state index contributed by atoms with van der Waals surface area (Å²) in [7, 11) is 0. The number of nitrogens with one attached hydrogen (secondary N) is 1. The van der Waals surface area contributed by atoms with Crippen LogP contribution in [-0.2, 0) is 6.42 Å². The van der Waals surface area contributed by atoms with Crippen LogP contribution in [0.25, 0.3) is 9.88 Å². The van der Waals surface area contributed by atoms with Crippen LogP contribution >= 0.6 is 38.6 Å². The van der Waals surface area contributed by atoms with Crippen LogP contribution in [0.5, 0.6) is 0 Å². The van der Waals surface area contributed by atoms with Crippen molar-refractivity contribution >= 4 is 38.6 Å². The van der Waals surface area contributed by atoms with Crippen LogP contribution in [-0.4, -0.2) is 23.3 Å². The molecule has 0 atom stereocenters. The molecule has 0 saturated heterocycles. The molecule has 1 N–H and O–H groups in total. The molecular weight excluding hydrogens is 318 g/mol. The summed E-state index contributed by atoms with van der Waals surface area (Å²) in [6.07, 6.45) is 2.13. The van der Waals surface area contributed by atoms with Crippen molar-refractivity contribution < 1.29 is 0 Å². The van der Waals surface area contributed by atoms with Gasteiger partial charge in [0.25, 0.3) is 0 Å². The van der Waals surface area contributed by atoms with E-state index in [-0.39, 0.29) is 0 Å². The zero-order valence-corrected chi connectivity index (χ0v) is 12.8. The highest BCUT2D eigenvalue weighted by atomic mass is 79.9. The van der Waals surface area contributed by atoms with Crippen molar-refractivity contribution in [3.05, 3.63) is 20.9 Å². The monoisotopic (exact) mass is 331 g/mol. The molecule has 0 bridgehead atoms. The second kappa shape index (κ2) is 6.58. The zero-order valence-electron chi connectivity index (χ0n) is 9.57. The van der Waals surface area contributed by atoms with Crippen LogP contribution in [0.15, 0.2) is 15.9 Å². The number of hydrogen-bond donors (Lipinski definition) is 1. The fourth-order valence-electron chi connectivity index (χ4n) is 1.38. The Balaban J connectivity index is 1.92. The number of thiophene rings is 1. The van der Waals surface area contributed by atoms with E-state index >= 15 is 0 Å². The van der Waals surface area contributed by atoms with Gasteiger partial charge in [0.2, 0.25) is 0 Å². The van der Waals surface area contributed by atoms with E-state index in [4.69, 9.17) is 0 Å². The van der Waals surface area contributed by atoms with Crippen LogP contribution in [0.4, 0.5) is 0 Å². The van der Waals surface area contributed by atoms with Gasteiger partial charge in [0.05, 0.1) is 8.66 Å². The van der Waals surface area contributed by atoms with Crippen molar-refractivity contribution in [2.24, 2.45) is 0 Å². The number of halogens is 1. The molecule has 0 radical (unpaired) electrons. The molecular formula is C11H14BrN3S2. The Morgan fingerprint density at radius 2 is 2.12 bits per heavy atom. The van der Waals surface area contributed by atoms with Gasteiger partial charge in [-0.2, -0.15) is 0 Å². The zero-order chi connectivity index (χ0) is 12.1. The van der Waals surface area contributed by atoms with E-state index in [2.05, 4.69) is 44.4 Å². The highest BCUT2D eigenvalue weighted by Gasteiger charge is 2.08. The third-order valence-corrected chi connectivity index (χ3v) is 4.97. The van der Waals surface area contributed by atoms with Crippen molar-refractivity contribution in [2.75, 3.05) is 13.1 Å². The summed E-state index contributed by atoms with van der Waals surface area (Å²) in [5.74, 6) is 0. The smallest absolute Gasteiger partial charge is 0.157 e. The second-order valence-corrected chi connectivity index (χ2v) is 7.13. The van der Waals surface area contributed by atoms with Crippen molar-refractivity contribution in [3.63, 3.8) is 0 Å². The molecule has 0 aliphatic carbocycles. The van der Waals surface area contributed by atoms with E-state index in [1.807, 2.05) is 6.07 Å². The molecule has 17 heavy (non-hydrogen) atoms. The summed E-state index contributed by atoms with van der Waals surface area (Å²) in [5.41, 5.74) is 0. The summed E-state index contributed by atoms with van der Waals surface area (Å²) < 4.78 is 1.13. The van der Waals surface area contributed by atoms with E-state index in [9.17, 15) is 0 Å². The van der Waals surface area contributed by atoms with Crippen molar-refractivity contribution in [1.82, 2.24) is 15.5 Å². The Hall–Kier alpha value is -0.300. The van der Waals surface area contributed by atoms with Gasteiger partial charge in [-0.25, -0.2) is 0 Å². The average molecular weight is 332 g/mol. The number of aromatic nitrogens is 2. The van der Waals surface area contributed by atoms with Gasteiger partial charge in [-0.3, -0.25) is 0 Å². The molecule has 0 spiro atoms. The first-order chi connectivity index (χ1) is 8.29. The Morgan fingerprint density at radius 1 is 1.24 bits per heavy atom. The molecule has 0 saturated carbocycles. The topological polar surface area (TPSA) is 37.8 Å². The lowest BCUT2D eigenvalue weighted by Gasteiger charge is -1.98. The Morgan fingerprint density at radius 3 is 2.82 bits per heavy atom. The molecule has 0 fully saturated rings. The molecule has 2 rings (SSSR count). The molecule has 0 aliphatic rings. The quantitative estimate of drug-likeness (QED) is 0.822. The highest BCUT2D eigenvalue weighted by Crippen LogP contribution is 2.32. The normalized spacial score (nSPS) is 10.9. The molecule has 6 heteroatoms. The van der Waals surface area contributed by atoms with Gasteiger partial charge in [-0.15, -0.1) is 21.5 Å². The molecule has 0 aliphatic heterocycles. The average Bonchev–Trinajstić information content (AvgIpc) is 2.93. The third-order valence-electron chi connectivity index (χ3n) is 2.19. The van der Waals surface area contributed by atoms with Crippen molar-refractivity contribution in [3.8, 4) is 9.88 Å². The molecule has 0 amide bonds. The van der Waals surface area contributed by atoms with Gasteiger partial charge >= 0.3 is 0 Å². The first kappa shape index (κ1) is 13.1. The lowest BCUT2D eigenvalue weighted by Crippen LogP contribution is -2.17. The molecule has 2 aromatic heterocycles. The van der Waals surface area contributed by atoms with Gasteiger partial charge < -0.3 is 5.32 Å². The number of hydrogen-bond acceptors (Lipinski definition) is 5. The van der Waals surface area contributed by atoms with Gasteiger partial charge in [0.15, 0.2) is 5.01 Å². The summed E-state index contributed by atoms with van der Waals surface area (Å²) in [6, 6.07) is 4.12. The Labute approximate surface area is 117 Å². The lowest BCUT2D eigenvalue weighted by atomic mass is 10.4. The first-order valence-corrected chi connectivity index (χ1v) is 8.01. The molecule has 2 aromatic rings. The minimum absolute atomic E-state index is 0.963. The molecule has 0 aromatic carbocycles. The standard InChI is InChI=1S/C11H14BrN3S2/c1-2-6-13-7-5-10-14-15-11(17-10)8-3-4-9(12)16-8/h3-4,13H,2,5-7H2,1H3. The first-order valence-electron chi connectivity index (χ1n) is 5.58. The van der Waals surface area contributed by atoms with Gasteiger partial charge in [0.1, 0.15) is 5.01 Å². The molecule has 92 valence electrons. The van der Waals surface area contributed by atoms with E-state index in [0.717, 1.165) is 33.3 Å². The third kappa shape index (κ3) is 3.84. The lowest BCUT2D eigenvalue weighted by molar-refractivity contribution is 0.668. The van der Waals surface area contributed by atoms with Crippen LogP contribution in [0.2, 0.25) is 0 Å². The SMILES string of the molecule is CCCNCCc1nnc(-c2ccc(Br)s2)s1. The largest absolute Gasteiger partial charge is 0.316 e. The Bertz CT molecular complexity index is 467. The number of nitrogens with zero attached hydrogens (tertiary/aromatic N) is 2. The van der Waals surface area contributed by atoms with Crippen LogP contribution < -0.4 is 5.32 Å². The summed E-state index contributed by atoms with van der Waals surface area (Å²) in [6.45, 7) is 4.23. The molecule has 0 unspecified atom stereocenters. The van der Waals surface area contributed by atoms with E-state index < -0.39 is 0 Å². The van der Waals surface area contributed by atoms with E-state index in [1.165, 1.54) is 11.3 Å². The molecule has 2 heterocycles. The summed E-state index contributed by atoms with van der Waals surface area (Å²) in [5, 5.41) is 13.9. The summed E-state index contributed by atoms with van der Waals surface area (Å²) in [4.78, 5) is 1.18. The Kier molecular flexibility index (Phi) is 5.09. The minimum Gasteiger partial charge on any atom is -0.316 e. The second-order valence-electron chi connectivity index (χ2n) is 3.60. The maximum absolute atomic E-state index is 4.23. The number of rotatable bonds is 6. The van der Waals surface area contributed by atoms with Gasteiger partial charge in [0, 0.05) is 13.0 Å². The van der Waals surface area contributed by atoms with E-state index in [1.54, 1.807) is 22.7 Å².